The van der Waals surface area contributed by atoms with Crippen molar-refractivity contribution in [1.82, 2.24) is 4.57 Å². The SMILES string of the molecule is CC(=O)SCCn1c(=N)sc2cc(OC(F)(F)F)ccc21.Cl. The van der Waals surface area contributed by atoms with Gasteiger partial charge in [-0.3, -0.25) is 10.2 Å². The first-order valence-electron chi connectivity index (χ1n) is 5.83. The molecule has 1 aromatic carbocycles. The van der Waals surface area contributed by atoms with Crippen molar-refractivity contribution < 1.29 is 22.7 Å². The van der Waals surface area contributed by atoms with E-state index in [1.807, 2.05) is 0 Å². The highest BCUT2D eigenvalue weighted by atomic mass is 35.5. The molecule has 2 rings (SSSR count). The van der Waals surface area contributed by atoms with Crippen molar-refractivity contribution in [3.8, 4) is 5.75 Å². The van der Waals surface area contributed by atoms with Crippen molar-refractivity contribution in [2.24, 2.45) is 0 Å². The second-order valence-electron chi connectivity index (χ2n) is 4.08. The number of nitrogens with one attached hydrogen (secondary N) is 1. The molecule has 0 aliphatic heterocycles. The Labute approximate surface area is 138 Å². The summed E-state index contributed by atoms with van der Waals surface area (Å²) < 4.78 is 42.6. The zero-order chi connectivity index (χ0) is 15.6. The van der Waals surface area contributed by atoms with E-state index >= 15 is 0 Å². The number of rotatable bonds is 4. The maximum atomic E-state index is 12.2. The number of aryl methyl sites for hydroxylation is 1. The quantitative estimate of drug-likeness (QED) is 0.888. The van der Waals surface area contributed by atoms with Gasteiger partial charge in [-0.2, -0.15) is 0 Å². The molecule has 0 saturated heterocycles. The first-order chi connectivity index (χ1) is 9.76. The standard InChI is InChI=1S/C12H11F3N2O2S2.ClH/c1-7(18)20-5-4-17-9-3-2-8(19-12(13,14)15)6-10(9)21-11(17)16;/h2-3,6,16H,4-5H2,1H3;1H. The predicted octanol–water partition coefficient (Wildman–Crippen LogP) is 3.78. The lowest BCUT2D eigenvalue weighted by Crippen LogP contribution is -2.17. The van der Waals surface area contributed by atoms with Gasteiger partial charge in [-0.15, -0.1) is 25.6 Å². The Hall–Kier alpha value is -1.19. The first-order valence-corrected chi connectivity index (χ1v) is 7.63. The molecule has 0 radical (unpaired) electrons. The zero-order valence-corrected chi connectivity index (χ0v) is 13.7. The lowest BCUT2D eigenvalue weighted by molar-refractivity contribution is -0.274. The lowest BCUT2D eigenvalue weighted by Gasteiger charge is -2.09. The fourth-order valence-electron chi connectivity index (χ4n) is 1.77. The highest BCUT2D eigenvalue weighted by molar-refractivity contribution is 8.13. The second-order valence-corrected chi connectivity index (χ2v) is 6.38. The van der Waals surface area contributed by atoms with E-state index in [-0.39, 0.29) is 28.1 Å². The highest BCUT2D eigenvalue weighted by Crippen LogP contribution is 2.27. The summed E-state index contributed by atoms with van der Waals surface area (Å²) in [7, 11) is 0. The second kappa shape index (κ2) is 7.38. The van der Waals surface area contributed by atoms with Gasteiger partial charge >= 0.3 is 6.36 Å². The molecule has 0 aliphatic carbocycles. The number of fused-ring (bicyclic) bond motifs is 1. The summed E-state index contributed by atoms with van der Waals surface area (Å²) >= 11 is 2.21. The molecule has 22 heavy (non-hydrogen) atoms. The molecule has 2 aromatic rings. The van der Waals surface area contributed by atoms with Gasteiger partial charge in [0.1, 0.15) is 5.75 Å². The summed E-state index contributed by atoms with van der Waals surface area (Å²) in [5.74, 6) is 0.208. The van der Waals surface area contributed by atoms with Crippen LogP contribution in [0.1, 0.15) is 6.92 Å². The van der Waals surface area contributed by atoms with Crippen LogP contribution in [0.5, 0.6) is 5.75 Å². The molecule has 4 nitrogen and oxygen atoms in total. The van der Waals surface area contributed by atoms with E-state index in [0.717, 1.165) is 23.1 Å². The van der Waals surface area contributed by atoms with E-state index in [1.54, 1.807) is 4.57 Å². The fraction of sp³-hybridized carbons (Fsp3) is 0.333. The molecule has 0 fully saturated rings. The summed E-state index contributed by atoms with van der Waals surface area (Å²) in [6, 6.07) is 3.97. The van der Waals surface area contributed by atoms with Crippen LogP contribution in [0.15, 0.2) is 18.2 Å². The Morgan fingerprint density at radius 1 is 1.45 bits per heavy atom. The van der Waals surface area contributed by atoms with E-state index in [4.69, 9.17) is 5.41 Å². The summed E-state index contributed by atoms with van der Waals surface area (Å²) in [5.41, 5.74) is 0.656. The number of hydrogen-bond acceptors (Lipinski definition) is 5. The van der Waals surface area contributed by atoms with Crippen molar-refractivity contribution in [1.29, 1.82) is 5.41 Å². The van der Waals surface area contributed by atoms with Gasteiger partial charge in [0.15, 0.2) is 9.92 Å². The zero-order valence-electron chi connectivity index (χ0n) is 11.3. The van der Waals surface area contributed by atoms with Crippen molar-refractivity contribution in [2.75, 3.05) is 5.75 Å². The van der Waals surface area contributed by atoms with Crippen LogP contribution < -0.4 is 9.54 Å². The minimum absolute atomic E-state index is 0. The molecule has 122 valence electrons. The normalized spacial score (nSPS) is 11.3. The van der Waals surface area contributed by atoms with E-state index in [9.17, 15) is 18.0 Å². The number of carbonyl (C=O) groups is 1. The van der Waals surface area contributed by atoms with Crippen LogP contribution in [0.4, 0.5) is 13.2 Å². The van der Waals surface area contributed by atoms with Crippen LogP contribution in [0.25, 0.3) is 10.2 Å². The Bertz CT molecular complexity index is 727. The molecule has 0 aliphatic rings. The smallest absolute Gasteiger partial charge is 0.406 e. The van der Waals surface area contributed by atoms with Gasteiger partial charge in [0.2, 0.25) is 0 Å². The van der Waals surface area contributed by atoms with Crippen LogP contribution in [0, 0.1) is 5.41 Å². The first kappa shape index (κ1) is 18.9. The third-order valence-electron chi connectivity index (χ3n) is 2.53. The summed E-state index contributed by atoms with van der Waals surface area (Å²) in [5, 5.41) is 7.85. The number of aromatic nitrogens is 1. The third-order valence-corrected chi connectivity index (χ3v) is 4.28. The average Bonchev–Trinajstić information content (AvgIpc) is 2.62. The third kappa shape index (κ3) is 4.92. The topological polar surface area (TPSA) is 55.1 Å². The Kier molecular flexibility index (Phi) is 6.33. The minimum Gasteiger partial charge on any atom is -0.406 e. The molecule has 1 heterocycles. The van der Waals surface area contributed by atoms with Crippen molar-refractivity contribution in [3.63, 3.8) is 0 Å². The number of alkyl halides is 3. The lowest BCUT2D eigenvalue weighted by atomic mass is 10.3. The van der Waals surface area contributed by atoms with Gasteiger partial charge in [0.05, 0.1) is 10.2 Å². The molecule has 0 spiro atoms. The molecule has 10 heteroatoms. The largest absolute Gasteiger partial charge is 0.573 e. The number of thioether (sulfide) groups is 1. The predicted molar refractivity (Wildman–Crippen MR) is 82.7 cm³/mol. The Balaban J connectivity index is 0.00000242. The number of benzene rings is 1. The Morgan fingerprint density at radius 2 is 2.14 bits per heavy atom. The van der Waals surface area contributed by atoms with E-state index < -0.39 is 6.36 Å². The maximum absolute atomic E-state index is 12.2. The number of carbonyl (C=O) groups excluding carboxylic acids is 1. The van der Waals surface area contributed by atoms with Gasteiger partial charge in [-0.1, -0.05) is 23.1 Å². The molecule has 0 bridgehead atoms. The molecule has 0 unspecified atom stereocenters. The summed E-state index contributed by atoms with van der Waals surface area (Å²) in [4.78, 5) is 11.1. The molecule has 0 atom stereocenters. The summed E-state index contributed by atoms with van der Waals surface area (Å²) in [6.07, 6.45) is -4.73. The number of hydrogen-bond donors (Lipinski definition) is 1. The van der Waals surface area contributed by atoms with E-state index in [2.05, 4.69) is 4.74 Å². The minimum atomic E-state index is -4.73. The average molecular weight is 373 g/mol. The maximum Gasteiger partial charge on any atom is 0.573 e. The highest BCUT2D eigenvalue weighted by Gasteiger charge is 2.31. The van der Waals surface area contributed by atoms with E-state index in [0.29, 0.717) is 22.5 Å². The van der Waals surface area contributed by atoms with Crippen LogP contribution in [-0.2, 0) is 11.3 Å². The van der Waals surface area contributed by atoms with Crippen molar-refractivity contribution >= 4 is 50.8 Å². The van der Waals surface area contributed by atoms with Gasteiger partial charge in [0.25, 0.3) is 0 Å². The molecule has 0 amide bonds. The van der Waals surface area contributed by atoms with Crippen LogP contribution in [-0.4, -0.2) is 21.8 Å². The van der Waals surface area contributed by atoms with E-state index in [1.165, 1.54) is 25.1 Å². The van der Waals surface area contributed by atoms with Gasteiger partial charge in [-0.05, 0) is 18.2 Å². The van der Waals surface area contributed by atoms with Crippen molar-refractivity contribution in [3.05, 3.63) is 23.0 Å². The van der Waals surface area contributed by atoms with Crippen LogP contribution >= 0.6 is 35.5 Å². The van der Waals surface area contributed by atoms with Gasteiger partial charge in [-0.25, -0.2) is 0 Å². The number of thiazole rings is 1. The van der Waals surface area contributed by atoms with Crippen LogP contribution in [0.2, 0.25) is 0 Å². The van der Waals surface area contributed by atoms with Gasteiger partial charge < -0.3 is 9.30 Å². The molecule has 0 saturated carbocycles. The molecule has 1 N–H and O–H groups in total. The van der Waals surface area contributed by atoms with Gasteiger partial charge in [0, 0.05) is 19.2 Å². The van der Waals surface area contributed by atoms with Crippen LogP contribution in [0.3, 0.4) is 0 Å². The summed E-state index contributed by atoms with van der Waals surface area (Å²) in [6.45, 7) is 1.91. The Morgan fingerprint density at radius 3 is 2.73 bits per heavy atom. The fourth-order valence-corrected chi connectivity index (χ4v) is 3.29. The van der Waals surface area contributed by atoms with Crippen molar-refractivity contribution in [2.45, 2.75) is 19.8 Å². The molecule has 1 aromatic heterocycles. The molecular formula is C12H12ClF3N2O2S2. The number of nitrogens with zero attached hydrogens (tertiary/aromatic N) is 1. The monoisotopic (exact) mass is 372 g/mol. The molecular weight excluding hydrogens is 361 g/mol. The number of halogens is 4. The number of ether oxygens (including phenoxy) is 1.